The molecule has 320 valence electrons. The van der Waals surface area contributed by atoms with Gasteiger partial charge in [0.1, 0.15) is 5.78 Å². The van der Waals surface area contributed by atoms with E-state index in [1.165, 1.54) is 41.3 Å². The number of likely N-dealkylation sites (N-methyl/N-ethyl adjacent to an activating group) is 1. The molecule has 60 heavy (non-hydrogen) atoms. The number of nitrogens with two attached hydrogens (primary N) is 1. The number of aromatic hydroxyl groups is 1. The normalized spacial score (nSPS) is 21.4. The summed E-state index contributed by atoms with van der Waals surface area (Å²) in [4.78, 5) is 26.3. The quantitative estimate of drug-likeness (QED) is 0.0203. The Bertz CT molecular complexity index is 2020. The third-order valence-corrected chi connectivity index (χ3v) is 12.5. The first kappa shape index (κ1) is 44.7. The van der Waals surface area contributed by atoms with Gasteiger partial charge in [-0.25, -0.2) is 0 Å². The number of rotatable bonds is 22. The number of hydrogen-bond acceptors (Lipinski definition) is 10. The molecule has 0 radical (unpaired) electrons. The number of ketones is 2. The van der Waals surface area contributed by atoms with Crippen molar-refractivity contribution in [2.24, 2.45) is 23.5 Å². The molecule has 0 saturated carbocycles. The van der Waals surface area contributed by atoms with Crippen molar-refractivity contribution in [2.45, 2.75) is 89.3 Å². The van der Waals surface area contributed by atoms with E-state index in [-0.39, 0.29) is 29.9 Å². The Morgan fingerprint density at radius 3 is 2.45 bits per heavy atom. The van der Waals surface area contributed by atoms with Gasteiger partial charge in [0.25, 0.3) is 0 Å². The third-order valence-electron chi connectivity index (χ3n) is 12.5. The van der Waals surface area contributed by atoms with Crippen molar-refractivity contribution in [3.63, 3.8) is 0 Å². The standard InChI is InChI=1S/C50H64N4O6/c1-52-47-20-19-38-30-53-22-21-44(38)45(47)14-7-3-6-13-42(57)28-43(58)25-41(32-55)46-29-49(60-33-56)48(59)26-39(46)24-40-31-54-50(51)27-37(40)18-17-36-12-8-11-35(23-36)16-15-34-9-4-2-5-10-34/h2,4-5,8-12,19-20,23,25-27,29,31,38,44-45,47,50,52-56,59H,3,6-7,13-18,21-22,24,28,30,32-33,51H2,1H3/b41-25+/t38-,44-,45+,47+,50?/m1/s1. The molecule has 1 aliphatic carbocycles. The molecule has 10 nitrogen and oxygen atoms in total. The lowest BCUT2D eigenvalue weighted by atomic mass is 9.68. The van der Waals surface area contributed by atoms with E-state index in [1.54, 1.807) is 0 Å². The van der Waals surface area contributed by atoms with Crippen LogP contribution in [0.4, 0.5) is 0 Å². The zero-order chi connectivity index (χ0) is 42.3. The van der Waals surface area contributed by atoms with E-state index < -0.39 is 19.2 Å². The summed E-state index contributed by atoms with van der Waals surface area (Å²) >= 11 is 0. The van der Waals surface area contributed by atoms with Gasteiger partial charge in [-0.3, -0.25) is 9.59 Å². The number of fused-ring (bicyclic) bond motifs is 1. The first-order chi connectivity index (χ1) is 29.2. The molecule has 3 aromatic carbocycles. The highest BCUT2D eigenvalue weighted by atomic mass is 16.6. The SMILES string of the molecule is CN[C@H]1C=C[C@@H]2CNCC[C@H]2[C@@H]1CCCCCC(=O)CC(=O)/C=C(\CO)c1cc(OCO)c(O)cc1CC1=CNC(N)C=C1CCc1cccc(CCc2ccccc2)c1. The van der Waals surface area contributed by atoms with Gasteiger partial charge >= 0.3 is 0 Å². The third kappa shape index (κ3) is 12.6. The lowest BCUT2D eigenvalue weighted by Crippen LogP contribution is -2.47. The van der Waals surface area contributed by atoms with Gasteiger partial charge in [0.2, 0.25) is 0 Å². The molecule has 5 atom stereocenters. The Hall–Kier alpha value is -4.84. The second kappa shape index (κ2) is 22.7. The number of carbonyl (C=O) groups excluding carboxylic acids is 2. The van der Waals surface area contributed by atoms with Crippen LogP contribution in [-0.2, 0) is 35.3 Å². The van der Waals surface area contributed by atoms with E-state index in [2.05, 4.69) is 76.6 Å². The minimum Gasteiger partial charge on any atom is -0.504 e. The summed E-state index contributed by atoms with van der Waals surface area (Å²) in [5.41, 5.74) is 13.6. The molecule has 1 saturated heterocycles. The number of ether oxygens (including phenoxy) is 1. The van der Waals surface area contributed by atoms with E-state index in [0.717, 1.165) is 75.6 Å². The molecule has 0 amide bonds. The van der Waals surface area contributed by atoms with Gasteiger partial charge in [0.15, 0.2) is 24.1 Å². The molecule has 0 bridgehead atoms. The molecule has 8 N–H and O–H groups in total. The average Bonchev–Trinajstić information content (AvgIpc) is 3.26. The maximum Gasteiger partial charge on any atom is 0.186 e. The van der Waals surface area contributed by atoms with Crippen LogP contribution in [0, 0.1) is 17.8 Å². The number of dihydropyridines is 1. The van der Waals surface area contributed by atoms with Crippen LogP contribution in [0.5, 0.6) is 11.5 Å². The smallest absolute Gasteiger partial charge is 0.186 e. The number of Topliss-reactive ketones (excluding diaryl/α,β-unsaturated/α-hetero) is 1. The number of aryl methyl sites for hydroxylation is 3. The fraction of sp³-hybridized carbons (Fsp3) is 0.440. The molecule has 0 spiro atoms. The average molecular weight is 817 g/mol. The molecule has 3 aliphatic rings. The maximum atomic E-state index is 13.3. The number of unbranched alkanes of at least 4 members (excludes halogenated alkanes) is 2. The Labute approximate surface area is 355 Å². The number of benzene rings is 3. The minimum absolute atomic E-state index is 0.0146. The lowest BCUT2D eigenvalue weighted by molar-refractivity contribution is -0.124. The van der Waals surface area contributed by atoms with Crippen LogP contribution in [0.25, 0.3) is 5.57 Å². The summed E-state index contributed by atoms with van der Waals surface area (Å²) < 4.78 is 5.30. The second-order valence-corrected chi connectivity index (χ2v) is 16.6. The number of aliphatic hydroxyl groups excluding tert-OH is 2. The Balaban J connectivity index is 1.07. The molecule has 2 heterocycles. The zero-order valence-electron chi connectivity index (χ0n) is 35.1. The predicted octanol–water partition coefficient (Wildman–Crippen LogP) is 6.23. The summed E-state index contributed by atoms with van der Waals surface area (Å²) in [6.07, 6.45) is 18.5. The van der Waals surface area contributed by atoms with Gasteiger partial charge in [0.05, 0.1) is 19.2 Å². The van der Waals surface area contributed by atoms with Gasteiger partial charge in [0, 0.05) is 25.2 Å². The van der Waals surface area contributed by atoms with Crippen molar-refractivity contribution >= 4 is 17.1 Å². The van der Waals surface area contributed by atoms with E-state index in [1.807, 2.05) is 25.4 Å². The maximum absolute atomic E-state index is 13.3. The summed E-state index contributed by atoms with van der Waals surface area (Å²) in [6.45, 7) is 0.962. The first-order valence-electron chi connectivity index (χ1n) is 21.8. The number of nitrogens with one attached hydrogen (secondary N) is 3. The number of piperidine rings is 1. The van der Waals surface area contributed by atoms with Crippen LogP contribution >= 0.6 is 0 Å². The largest absolute Gasteiger partial charge is 0.504 e. The van der Waals surface area contributed by atoms with Crippen LogP contribution in [0.15, 0.2) is 108 Å². The lowest BCUT2D eigenvalue weighted by Gasteiger charge is -2.42. The van der Waals surface area contributed by atoms with Crippen molar-refractivity contribution in [3.05, 3.63) is 136 Å². The van der Waals surface area contributed by atoms with Crippen molar-refractivity contribution in [2.75, 3.05) is 33.5 Å². The van der Waals surface area contributed by atoms with Crippen LogP contribution in [0.3, 0.4) is 0 Å². The summed E-state index contributed by atoms with van der Waals surface area (Å²) in [6, 6.07) is 22.6. The van der Waals surface area contributed by atoms with Gasteiger partial charge in [-0.2, -0.15) is 0 Å². The highest BCUT2D eigenvalue weighted by molar-refractivity contribution is 6.07. The number of phenols is 1. The molecule has 1 fully saturated rings. The molecular formula is C50H64N4O6. The van der Waals surface area contributed by atoms with E-state index in [0.29, 0.717) is 53.3 Å². The number of hydrogen-bond donors (Lipinski definition) is 7. The molecule has 10 heteroatoms. The topological polar surface area (TPSA) is 166 Å². The number of phenolic OH excluding ortho intramolecular Hbond substituents is 1. The van der Waals surface area contributed by atoms with Gasteiger partial charge in [-0.15, -0.1) is 0 Å². The number of aliphatic hydroxyl groups is 2. The van der Waals surface area contributed by atoms with E-state index >= 15 is 0 Å². The van der Waals surface area contributed by atoms with Gasteiger partial charge in [-0.05, 0) is 152 Å². The highest BCUT2D eigenvalue weighted by Crippen LogP contribution is 2.38. The van der Waals surface area contributed by atoms with Crippen molar-refractivity contribution < 1.29 is 29.6 Å². The van der Waals surface area contributed by atoms with Crippen LogP contribution in [-0.4, -0.2) is 72.6 Å². The molecule has 1 unspecified atom stereocenters. The van der Waals surface area contributed by atoms with E-state index in [9.17, 15) is 24.9 Å². The number of carbonyl (C=O) groups is 2. The number of allylic oxidation sites excluding steroid dienone is 3. The predicted molar refractivity (Wildman–Crippen MR) is 238 cm³/mol. The van der Waals surface area contributed by atoms with Crippen LogP contribution in [0.1, 0.15) is 79.2 Å². The Kier molecular flexibility index (Phi) is 16.9. The summed E-state index contributed by atoms with van der Waals surface area (Å²) in [5.74, 6) is 1.17. The first-order valence-corrected chi connectivity index (χ1v) is 21.8. The van der Waals surface area contributed by atoms with Gasteiger partial charge < -0.3 is 41.7 Å². The molecule has 0 aromatic heterocycles. The fourth-order valence-corrected chi connectivity index (χ4v) is 9.31. The Morgan fingerprint density at radius 2 is 1.68 bits per heavy atom. The zero-order valence-corrected chi connectivity index (χ0v) is 35.1. The van der Waals surface area contributed by atoms with Crippen molar-refractivity contribution in [3.8, 4) is 11.5 Å². The Morgan fingerprint density at radius 1 is 0.917 bits per heavy atom. The molecule has 2 aliphatic heterocycles. The van der Waals surface area contributed by atoms with Crippen LogP contribution < -0.4 is 26.4 Å². The molecule has 6 rings (SSSR count). The highest BCUT2D eigenvalue weighted by Gasteiger charge is 2.36. The summed E-state index contributed by atoms with van der Waals surface area (Å²) in [7, 11) is 2.03. The van der Waals surface area contributed by atoms with Crippen LogP contribution in [0.2, 0.25) is 0 Å². The second-order valence-electron chi connectivity index (χ2n) is 16.6. The fourth-order valence-electron chi connectivity index (χ4n) is 9.31. The van der Waals surface area contributed by atoms with Crippen molar-refractivity contribution in [1.82, 2.24) is 16.0 Å². The van der Waals surface area contributed by atoms with E-state index in [4.69, 9.17) is 10.5 Å². The summed E-state index contributed by atoms with van der Waals surface area (Å²) in [5, 5.41) is 41.2. The minimum atomic E-state index is -0.669. The molecular weight excluding hydrogens is 753 g/mol. The monoisotopic (exact) mass is 816 g/mol. The van der Waals surface area contributed by atoms with Crippen molar-refractivity contribution in [1.29, 1.82) is 0 Å². The molecule has 3 aromatic rings. The van der Waals surface area contributed by atoms with Gasteiger partial charge in [-0.1, -0.05) is 79.6 Å².